The summed E-state index contributed by atoms with van der Waals surface area (Å²) in [5.41, 5.74) is 3.35. The van der Waals surface area contributed by atoms with Crippen molar-refractivity contribution >= 4 is 34.7 Å². The van der Waals surface area contributed by atoms with Gasteiger partial charge in [-0.1, -0.05) is 24.3 Å². The van der Waals surface area contributed by atoms with Crippen molar-refractivity contribution in [1.82, 2.24) is 9.80 Å². The standard InChI is InChI=1S/C25H28N4O3S/c1-28(2)20-11-12-29(16-20)15-17-5-7-18(8-6-17)24(30)26-22-14-19(23-4-3-13-33-23)9-10-21(22)27-25(31)32/h3-10,13-14,20,27H,11-12,15-16H2,1-2H3,(H,26,30)(H,31,32). The van der Waals surface area contributed by atoms with Crippen LogP contribution in [0.1, 0.15) is 22.3 Å². The Morgan fingerprint density at radius 2 is 1.88 bits per heavy atom. The third kappa shape index (κ3) is 5.78. The maximum Gasteiger partial charge on any atom is 0.409 e. The van der Waals surface area contributed by atoms with Crippen LogP contribution in [0.5, 0.6) is 0 Å². The molecule has 0 spiro atoms. The van der Waals surface area contributed by atoms with Gasteiger partial charge in [0.05, 0.1) is 11.4 Å². The van der Waals surface area contributed by atoms with Gasteiger partial charge in [0.1, 0.15) is 0 Å². The minimum atomic E-state index is -1.18. The van der Waals surface area contributed by atoms with Crippen LogP contribution in [0.15, 0.2) is 60.0 Å². The van der Waals surface area contributed by atoms with Crippen LogP contribution < -0.4 is 10.6 Å². The molecule has 0 bridgehead atoms. The predicted molar refractivity (Wildman–Crippen MR) is 133 cm³/mol. The number of carbonyl (C=O) groups excluding carboxylic acids is 1. The van der Waals surface area contributed by atoms with Crippen LogP contribution in [0.3, 0.4) is 0 Å². The lowest BCUT2D eigenvalue weighted by Crippen LogP contribution is -2.31. The molecule has 172 valence electrons. The Morgan fingerprint density at radius 1 is 1.09 bits per heavy atom. The fourth-order valence-electron chi connectivity index (χ4n) is 4.06. The smallest absolute Gasteiger partial charge is 0.409 e. The van der Waals surface area contributed by atoms with E-state index >= 15 is 0 Å². The van der Waals surface area contributed by atoms with E-state index in [9.17, 15) is 9.59 Å². The Hall–Kier alpha value is -3.20. The Bertz CT molecular complexity index is 1110. The average Bonchev–Trinajstić information content (AvgIpc) is 3.47. The van der Waals surface area contributed by atoms with Gasteiger partial charge in [0.15, 0.2) is 0 Å². The molecule has 2 aromatic carbocycles. The third-order valence-electron chi connectivity index (χ3n) is 5.92. The summed E-state index contributed by atoms with van der Waals surface area (Å²) < 4.78 is 0. The summed E-state index contributed by atoms with van der Waals surface area (Å²) in [6.07, 6.45) is -0.0118. The molecule has 0 aliphatic carbocycles. The van der Waals surface area contributed by atoms with Gasteiger partial charge in [-0.05, 0) is 67.4 Å². The lowest BCUT2D eigenvalue weighted by atomic mass is 10.1. The molecule has 1 aliphatic rings. The molecule has 7 nitrogen and oxygen atoms in total. The highest BCUT2D eigenvalue weighted by molar-refractivity contribution is 7.13. The number of amides is 2. The molecule has 1 aromatic heterocycles. The predicted octanol–water partition coefficient (Wildman–Crippen LogP) is 4.89. The summed E-state index contributed by atoms with van der Waals surface area (Å²) in [6.45, 7) is 2.99. The number of hydrogen-bond acceptors (Lipinski definition) is 5. The topological polar surface area (TPSA) is 84.9 Å². The first-order valence-electron chi connectivity index (χ1n) is 10.9. The van der Waals surface area contributed by atoms with Crippen LogP contribution in [0.4, 0.5) is 16.2 Å². The highest BCUT2D eigenvalue weighted by Gasteiger charge is 2.23. The van der Waals surface area contributed by atoms with Gasteiger partial charge in [0.25, 0.3) is 5.91 Å². The number of hydrogen-bond donors (Lipinski definition) is 3. The van der Waals surface area contributed by atoms with Crippen LogP contribution in [0.25, 0.3) is 10.4 Å². The molecule has 1 atom stereocenters. The second kappa shape index (κ2) is 10.2. The van der Waals surface area contributed by atoms with Crippen molar-refractivity contribution in [1.29, 1.82) is 0 Å². The third-order valence-corrected chi connectivity index (χ3v) is 6.83. The van der Waals surface area contributed by atoms with E-state index in [1.165, 1.54) is 12.0 Å². The zero-order valence-corrected chi connectivity index (χ0v) is 19.6. The zero-order chi connectivity index (χ0) is 23.4. The number of likely N-dealkylation sites (tertiary alicyclic amines) is 1. The number of carbonyl (C=O) groups is 2. The molecule has 8 heteroatoms. The van der Waals surface area contributed by atoms with E-state index in [2.05, 4.69) is 34.5 Å². The zero-order valence-electron chi connectivity index (χ0n) is 18.7. The molecular formula is C25H28N4O3S. The van der Waals surface area contributed by atoms with E-state index < -0.39 is 6.09 Å². The van der Waals surface area contributed by atoms with Gasteiger partial charge in [-0.3, -0.25) is 15.0 Å². The maximum absolute atomic E-state index is 12.9. The Labute approximate surface area is 197 Å². The summed E-state index contributed by atoms with van der Waals surface area (Å²) >= 11 is 1.58. The molecule has 3 aromatic rings. The first-order valence-corrected chi connectivity index (χ1v) is 11.7. The molecule has 33 heavy (non-hydrogen) atoms. The normalized spacial score (nSPS) is 16.2. The molecule has 4 rings (SSSR count). The van der Waals surface area contributed by atoms with E-state index in [1.807, 2.05) is 47.8 Å². The van der Waals surface area contributed by atoms with Crippen molar-refractivity contribution in [3.8, 4) is 10.4 Å². The number of benzene rings is 2. The fourth-order valence-corrected chi connectivity index (χ4v) is 4.78. The van der Waals surface area contributed by atoms with E-state index in [1.54, 1.807) is 23.5 Å². The number of thiophene rings is 1. The summed E-state index contributed by atoms with van der Waals surface area (Å²) in [5.74, 6) is -0.285. The van der Waals surface area contributed by atoms with Crippen LogP contribution in [0, 0.1) is 0 Å². The maximum atomic E-state index is 12.9. The molecule has 3 N–H and O–H groups in total. The first kappa shape index (κ1) is 23.0. The molecule has 1 aliphatic heterocycles. The van der Waals surface area contributed by atoms with E-state index in [4.69, 9.17) is 5.11 Å². The van der Waals surface area contributed by atoms with E-state index in [-0.39, 0.29) is 5.91 Å². The van der Waals surface area contributed by atoms with Gasteiger partial charge < -0.3 is 15.3 Å². The molecule has 0 radical (unpaired) electrons. The average molecular weight is 465 g/mol. The van der Waals surface area contributed by atoms with Crippen LogP contribution in [-0.4, -0.2) is 60.1 Å². The monoisotopic (exact) mass is 464 g/mol. The second-order valence-electron chi connectivity index (χ2n) is 8.46. The lowest BCUT2D eigenvalue weighted by Gasteiger charge is -2.20. The Morgan fingerprint density at radius 3 is 2.52 bits per heavy atom. The van der Waals surface area contributed by atoms with Crippen molar-refractivity contribution in [2.75, 3.05) is 37.8 Å². The molecule has 2 amide bonds. The second-order valence-corrected chi connectivity index (χ2v) is 9.41. The Balaban J connectivity index is 1.46. The van der Waals surface area contributed by atoms with Crippen molar-refractivity contribution in [3.05, 3.63) is 71.1 Å². The largest absolute Gasteiger partial charge is 0.465 e. The van der Waals surface area contributed by atoms with Gasteiger partial charge in [-0.15, -0.1) is 11.3 Å². The summed E-state index contributed by atoms with van der Waals surface area (Å²) in [6, 6.07) is 17.4. The minimum absolute atomic E-state index is 0.285. The number of carboxylic acid groups (broad SMARTS) is 1. The molecule has 1 fully saturated rings. The summed E-state index contributed by atoms with van der Waals surface area (Å²) in [7, 11) is 4.24. The number of rotatable bonds is 7. The number of nitrogens with zero attached hydrogens (tertiary/aromatic N) is 2. The summed E-state index contributed by atoms with van der Waals surface area (Å²) in [5, 5.41) is 16.4. The van der Waals surface area contributed by atoms with Gasteiger partial charge in [-0.25, -0.2) is 4.79 Å². The first-order chi connectivity index (χ1) is 15.9. The lowest BCUT2D eigenvalue weighted by molar-refractivity contribution is 0.102. The van der Waals surface area contributed by atoms with Crippen molar-refractivity contribution in [2.45, 2.75) is 19.0 Å². The van der Waals surface area contributed by atoms with E-state index in [0.29, 0.717) is 23.0 Å². The highest BCUT2D eigenvalue weighted by atomic mass is 32.1. The van der Waals surface area contributed by atoms with Crippen LogP contribution in [0.2, 0.25) is 0 Å². The highest BCUT2D eigenvalue weighted by Crippen LogP contribution is 2.32. The molecular weight excluding hydrogens is 436 g/mol. The molecule has 1 unspecified atom stereocenters. The van der Waals surface area contributed by atoms with Crippen molar-refractivity contribution in [3.63, 3.8) is 0 Å². The molecule has 2 heterocycles. The summed E-state index contributed by atoms with van der Waals surface area (Å²) in [4.78, 5) is 29.9. The number of anilines is 2. The van der Waals surface area contributed by atoms with Crippen LogP contribution in [-0.2, 0) is 6.54 Å². The number of likely N-dealkylation sites (N-methyl/N-ethyl adjacent to an activating group) is 1. The van der Waals surface area contributed by atoms with Gasteiger partial charge in [-0.2, -0.15) is 0 Å². The Kier molecular flexibility index (Phi) is 7.08. The van der Waals surface area contributed by atoms with Gasteiger partial charge in [0.2, 0.25) is 0 Å². The van der Waals surface area contributed by atoms with E-state index in [0.717, 1.165) is 30.1 Å². The SMILES string of the molecule is CN(C)C1CCN(Cc2ccc(C(=O)Nc3cc(-c4cccs4)ccc3NC(=O)O)cc2)C1. The van der Waals surface area contributed by atoms with Gasteiger partial charge in [0, 0.05) is 36.1 Å². The molecule has 0 saturated carbocycles. The van der Waals surface area contributed by atoms with Gasteiger partial charge >= 0.3 is 6.09 Å². The number of nitrogens with one attached hydrogen (secondary N) is 2. The van der Waals surface area contributed by atoms with Crippen LogP contribution >= 0.6 is 11.3 Å². The van der Waals surface area contributed by atoms with Crippen molar-refractivity contribution < 1.29 is 14.7 Å². The quantitative estimate of drug-likeness (QED) is 0.463. The minimum Gasteiger partial charge on any atom is -0.465 e. The van der Waals surface area contributed by atoms with Crippen molar-refractivity contribution in [2.24, 2.45) is 0 Å². The molecule has 1 saturated heterocycles. The fraction of sp³-hybridized carbons (Fsp3) is 0.280.